The van der Waals surface area contributed by atoms with Crippen LogP contribution in [-0.2, 0) is 33.3 Å². The lowest BCUT2D eigenvalue weighted by Crippen LogP contribution is -2.32. The average Bonchev–Trinajstić information content (AvgIpc) is 2.42. The van der Waals surface area contributed by atoms with Gasteiger partial charge in [0.05, 0.1) is 0 Å². The molecule has 8 nitrogen and oxygen atoms in total. The minimum absolute atomic E-state index is 0.147. The lowest BCUT2D eigenvalue weighted by atomic mass is 10.2. The summed E-state index contributed by atoms with van der Waals surface area (Å²) in [5, 5.41) is 9.51. The largest absolute Gasteiger partial charge is 0.480 e. The van der Waals surface area contributed by atoms with Crippen molar-refractivity contribution in [1.29, 1.82) is 0 Å². The van der Waals surface area contributed by atoms with E-state index in [1.54, 1.807) is 0 Å². The molecule has 0 spiro atoms. The summed E-state index contributed by atoms with van der Waals surface area (Å²) in [6.45, 7) is 2.89. The van der Waals surface area contributed by atoms with Crippen molar-refractivity contribution in [2.75, 3.05) is 0 Å². The van der Waals surface area contributed by atoms with E-state index in [-0.39, 0.29) is 11.1 Å². The maximum absolute atomic E-state index is 11.5. The number of rotatable bonds is 3. The molecule has 0 aromatic carbocycles. The van der Waals surface area contributed by atoms with Gasteiger partial charge in [-0.2, -0.15) is 0 Å². The number of carbonyl (C=O) groups excluding carboxylic acids is 3. The Bertz CT molecular complexity index is 632. The Morgan fingerprint density at radius 3 is 2.00 bits per heavy atom. The van der Waals surface area contributed by atoms with Crippen molar-refractivity contribution in [3.8, 4) is 0 Å². The molecule has 0 aromatic heterocycles. The first-order chi connectivity index (χ1) is 10.9. The van der Waals surface area contributed by atoms with Crippen LogP contribution in [-0.4, -0.2) is 35.6 Å². The van der Waals surface area contributed by atoms with Gasteiger partial charge in [-0.1, -0.05) is 18.2 Å². The maximum atomic E-state index is 11.5. The maximum Gasteiger partial charge on any atom is 0.348 e. The van der Waals surface area contributed by atoms with E-state index in [0.717, 1.165) is 0 Å². The average molecular weight is 322 g/mol. The van der Waals surface area contributed by atoms with Crippen LogP contribution in [0.1, 0.15) is 13.8 Å². The summed E-state index contributed by atoms with van der Waals surface area (Å²) in [5.41, 5.74) is -0.394. The molecule has 2 rings (SSSR count). The highest BCUT2D eigenvalue weighted by Crippen LogP contribution is 2.17. The number of cyclic esters (lactones) is 3. The Morgan fingerprint density at radius 2 is 1.39 bits per heavy atom. The van der Waals surface area contributed by atoms with Gasteiger partial charge >= 0.3 is 17.9 Å². The summed E-state index contributed by atoms with van der Waals surface area (Å²) in [6.07, 6.45) is 4.91. The molecule has 1 unspecified atom stereocenters. The van der Waals surface area contributed by atoms with E-state index in [0.29, 0.717) is 0 Å². The minimum Gasteiger partial charge on any atom is -0.480 e. The molecule has 0 amide bonds. The van der Waals surface area contributed by atoms with Gasteiger partial charge in [-0.3, -0.25) is 0 Å². The fourth-order valence-corrected chi connectivity index (χ4v) is 1.73. The Kier molecular flexibility index (Phi) is 4.85. The van der Waals surface area contributed by atoms with Crippen molar-refractivity contribution in [2.45, 2.75) is 26.4 Å². The second-order valence-electron chi connectivity index (χ2n) is 4.51. The van der Waals surface area contributed by atoms with Crippen LogP contribution >= 0.6 is 0 Å². The molecule has 0 saturated carbocycles. The molecule has 122 valence electrons. The molecule has 23 heavy (non-hydrogen) atoms. The summed E-state index contributed by atoms with van der Waals surface area (Å²) in [4.78, 5) is 34.5. The number of ether oxygens (including phenoxy) is 4. The Hall–Kier alpha value is -3.03. The fourth-order valence-electron chi connectivity index (χ4n) is 1.73. The van der Waals surface area contributed by atoms with Crippen LogP contribution < -0.4 is 0 Å². The van der Waals surface area contributed by atoms with Gasteiger partial charge in [0.1, 0.15) is 11.1 Å². The highest BCUT2D eigenvalue weighted by Gasteiger charge is 2.30. The SMILES string of the molecule is CC1OC(=O)C(=CC=CC=CC2=C(O)OC(C)OC2=O)C(=O)O1. The van der Waals surface area contributed by atoms with Gasteiger partial charge < -0.3 is 24.1 Å². The van der Waals surface area contributed by atoms with E-state index in [2.05, 4.69) is 0 Å². The lowest BCUT2D eigenvalue weighted by molar-refractivity contribution is -0.190. The Balaban J connectivity index is 2.03. The van der Waals surface area contributed by atoms with Gasteiger partial charge in [0.15, 0.2) is 0 Å². The van der Waals surface area contributed by atoms with E-state index in [1.807, 2.05) is 0 Å². The number of aliphatic hydroxyl groups is 1. The van der Waals surface area contributed by atoms with Gasteiger partial charge in [-0.25, -0.2) is 14.4 Å². The van der Waals surface area contributed by atoms with Crippen LogP contribution in [0, 0.1) is 0 Å². The fraction of sp³-hybridized carbons (Fsp3) is 0.267. The second kappa shape index (κ2) is 6.82. The molecule has 1 saturated heterocycles. The second-order valence-corrected chi connectivity index (χ2v) is 4.51. The third-order valence-electron chi connectivity index (χ3n) is 2.73. The van der Waals surface area contributed by atoms with Gasteiger partial charge in [-0.05, 0) is 12.2 Å². The van der Waals surface area contributed by atoms with Crippen molar-refractivity contribution in [1.82, 2.24) is 0 Å². The van der Waals surface area contributed by atoms with Crippen LogP contribution in [0.15, 0.2) is 47.5 Å². The molecule has 0 radical (unpaired) electrons. The summed E-state index contributed by atoms with van der Waals surface area (Å²) >= 11 is 0. The summed E-state index contributed by atoms with van der Waals surface area (Å²) < 4.78 is 19.1. The van der Waals surface area contributed by atoms with Gasteiger partial charge in [0, 0.05) is 13.8 Å². The topological polar surface area (TPSA) is 108 Å². The van der Waals surface area contributed by atoms with Crippen molar-refractivity contribution >= 4 is 17.9 Å². The highest BCUT2D eigenvalue weighted by molar-refractivity contribution is 6.15. The van der Waals surface area contributed by atoms with Crippen molar-refractivity contribution < 1.29 is 38.4 Å². The van der Waals surface area contributed by atoms with Crippen LogP contribution in [0.4, 0.5) is 0 Å². The van der Waals surface area contributed by atoms with Crippen LogP contribution in [0.3, 0.4) is 0 Å². The predicted molar refractivity (Wildman–Crippen MR) is 74.3 cm³/mol. The number of carbonyl (C=O) groups is 3. The number of esters is 3. The van der Waals surface area contributed by atoms with Crippen molar-refractivity contribution in [2.24, 2.45) is 0 Å². The number of hydrogen-bond donors (Lipinski definition) is 1. The van der Waals surface area contributed by atoms with E-state index in [4.69, 9.17) is 18.9 Å². The molecule has 1 fully saturated rings. The lowest BCUT2D eigenvalue weighted by Gasteiger charge is -2.20. The molecular weight excluding hydrogens is 308 g/mol. The van der Waals surface area contributed by atoms with E-state index in [9.17, 15) is 19.5 Å². The minimum atomic E-state index is -0.911. The summed E-state index contributed by atoms with van der Waals surface area (Å²) in [7, 11) is 0. The number of allylic oxidation sites excluding steroid dienone is 4. The van der Waals surface area contributed by atoms with Crippen LogP contribution in [0.25, 0.3) is 0 Å². The molecule has 0 bridgehead atoms. The first-order valence-electron chi connectivity index (χ1n) is 6.66. The van der Waals surface area contributed by atoms with Crippen LogP contribution in [0.2, 0.25) is 0 Å². The molecular formula is C15H14O8. The molecule has 8 heteroatoms. The van der Waals surface area contributed by atoms with Crippen molar-refractivity contribution in [3.05, 3.63) is 47.5 Å². The molecule has 2 aliphatic rings. The monoisotopic (exact) mass is 322 g/mol. The Morgan fingerprint density at radius 1 is 0.826 bits per heavy atom. The first-order valence-corrected chi connectivity index (χ1v) is 6.66. The summed E-state index contributed by atoms with van der Waals surface area (Å²) in [5.74, 6) is -2.81. The molecule has 2 heterocycles. The molecule has 1 N–H and O–H groups in total. The normalized spacial score (nSPS) is 25.3. The smallest absolute Gasteiger partial charge is 0.348 e. The molecule has 2 aliphatic heterocycles. The Labute approximate surface area is 131 Å². The zero-order valence-corrected chi connectivity index (χ0v) is 12.3. The number of aliphatic hydroxyl groups excluding tert-OH is 1. The van der Waals surface area contributed by atoms with E-state index < -0.39 is 36.4 Å². The van der Waals surface area contributed by atoms with Gasteiger partial charge in [0.2, 0.25) is 12.6 Å². The zero-order valence-electron chi connectivity index (χ0n) is 12.3. The predicted octanol–water partition coefficient (Wildman–Crippen LogP) is 1.16. The summed E-state index contributed by atoms with van der Waals surface area (Å²) in [6, 6.07) is 0. The first kappa shape index (κ1) is 16.3. The quantitative estimate of drug-likeness (QED) is 0.357. The number of hydrogen-bond acceptors (Lipinski definition) is 8. The molecule has 0 aromatic rings. The van der Waals surface area contributed by atoms with Gasteiger partial charge in [-0.15, -0.1) is 0 Å². The van der Waals surface area contributed by atoms with E-state index >= 15 is 0 Å². The molecule has 0 aliphatic carbocycles. The van der Waals surface area contributed by atoms with Crippen molar-refractivity contribution in [3.63, 3.8) is 0 Å². The third-order valence-corrected chi connectivity index (χ3v) is 2.73. The third kappa shape index (κ3) is 4.00. The highest BCUT2D eigenvalue weighted by atomic mass is 16.7. The zero-order chi connectivity index (χ0) is 17.0. The van der Waals surface area contributed by atoms with Gasteiger partial charge in [0.25, 0.3) is 5.95 Å². The standard InChI is InChI=1S/C15H14O8/c1-8-20-12(16)10(13(17)21-8)6-4-3-5-7-11-14(18)22-9(2)23-15(11)19/h3-9,16H,1-2H3. The van der Waals surface area contributed by atoms with Crippen LogP contribution in [0.5, 0.6) is 0 Å². The molecule has 1 atom stereocenters. The van der Waals surface area contributed by atoms with E-state index in [1.165, 1.54) is 44.2 Å².